The van der Waals surface area contributed by atoms with Crippen molar-refractivity contribution in [2.75, 3.05) is 4.31 Å². The normalized spacial score (nSPS) is 32.8. The van der Waals surface area contributed by atoms with Gasteiger partial charge in [-0.3, -0.25) is 24.0 Å². The van der Waals surface area contributed by atoms with Crippen LogP contribution in [0.3, 0.4) is 0 Å². The smallest absolute Gasteiger partial charge is 0.274 e. The van der Waals surface area contributed by atoms with Gasteiger partial charge in [0, 0.05) is 23.1 Å². The van der Waals surface area contributed by atoms with E-state index in [0.717, 1.165) is 23.6 Å². The molecule has 184 valence electrons. The van der Waals surface area contributed by atoms with E-state index in [-0.39, 0.29) is 41.1 Å². The first kappa shape index (κ1) is 23.1. The van der Waals surface area contributed by atoms with E-state index in [2.05, 4.69) is 5.32 Å². The van der Waals surface area contributed by atoms with Crippen LogP contribution in [-0.2, 0) is 20.5 Å². The fourth-order valence-electron chi connectivity index (χ4n) is 7.32. The Hall–Kier alpha value is -2.69. The van der Waals surface area contributed by atoms with E-state index in [4.69, 9.17) is 5.73 Å². The first-order chi connectivity index (χ1) is 16.1. The molecule has 2 unspecified atom stereocenters. The highest BCUT2D eigenvalue weighted by molar-refractivity contribution is 7.74. The third kappa shape index (κ3) is 3.38. The van der Waals surface area contributed by atoms with Gasteiger partial charge in [0.15, 0.2) is 0 Å². The lowest BCUT2D eigenvalue weighted by atomic mass is 9.47. The molecule has 4 bridgehead atoms. The number of nitrogens with two attached hydrogens (primary N) is 1. The molecular weight excluding hydrogens is 460 g/mol. The number of nitro benzene ring substituents is 1. The molecule has 1 aromatic rings. The Bertz CT molecular complexity index is 1120. The van der Waals surface area contributed by atoms with Gasteiger partial charge in [0.05, 0.1) is 10.6 Å². The minimum atomic E-state index is -3.22. The van der Waals surface area contributed by atoms with Crippen LogP contribution in [0.1, 0.15) is 56.9 Å². The lowest BCUT2D eigenvalue weighted by Crippen LogP contribution is -2.68. The summed E-state index contributed by atoms with van der Waals surface area (Å²) >= 11 is 0. The van der Waals surface area contributed by atoms with Crippen molar-refractivity contribution in [3.63, 3.8) is 0 Å². The maximum atomic E-state index is 13.7. The molecular formula is C23H30N4O6S. The van der Waals surface area contributed by atoms with Crippen LogP contribution in [0, 0.1) is 40.2 Å². The summed E-state index contributed by atoms with van der Waals surface area (Å²) < 4.78 is 25.9. The van der Waals surface area contributed by atoms with Crippen molar-refractivity contribution < 1.29 is 22.9 Å². The number of carbonyl (C=O) groups is 2. The third-order valence-electron chi connectivity index (χ3n) is 8.90. The fraction of sp³-hybridized carbons (Fsp3) is 0.652. The largest absolute Gasteiger partial charge is 0.369 e. The summed E-state index contributed by atoms with van der Waals surface area (Å²) in [6, 6.07) is 4.13. The molecule has 5 fully saturated rings. The first-order valence-electron chi connectivity index (χ1n) is 11.9. The van der Waals surface area contributed by atoms with Gasteiger partial charge in [0.2, 0.25) is 22.7 Å². The molecule has 2 atom stereocenters. The van der Waals surface area contributed by atoms with Crippen molar-refractivity contribution in [3.05, 3.63) is 33.9 Å². The SMILES string of the molecule is Cc1ccc(N([SH](=O)=O)C2(C(=O)NC3C4CC5CC3CC(C(N)=O)(C5)C4)CCC2)cc1[N+](=O)[O-]. The van der Waals surface area contributed by atoms with Crippen LogP contribution in [-0.4, -0.2) is 36.7 Å². The fourth-order valence-corrected chi connectivity index (χ4v) is 8.23. The van der Waals surface area contributed by atoms with Crippen molar-refractivity contribution in [3.8, 4) is 0 Å². The maximum Gasteiger partial charge on any atom is 0.274 e. The predicted molar refractivity (Wildman–Crippen MR) is 124 cm³/mol. The summed E-state index contributed by atoms with van der Waals surface area (Å²) in [5.41, 5.74) is 4.35. The van der Waals surface area contributed by atoms with Crippen LogP contribution < -0.4 is 15.4 Å². The topological polar surface area (TPSA) is 153 Å². The number of aryl methyl sites for hydroxylation is 1. The van der Waals surface area contributed by atoms with Gasteiger partial charge in [-0.25, -0.2) is 8.42 Å². The number of nitrogens with zero attached hydrogens (tertiary/aromatic N) is 2. The Balaban J connectivity index is 1.43. The van der Waals surface area contributed by atoms with E-state index < -0.39 is 26.8 Å². The second-order valence-electron chi connectivity index (χ2n) is 10.8. The maximum absolute atomic E-state index is 13.7. The van der Waals surface area contributed by atoms with Gasteiger partial charge in [-0.2, -0.15) is 0 Å². The van der Waals surface area contributed by atoms with Crippen LogP contribution in [0.4, 0.5) is 11.4 Å². The van der Waals surface area contributed by atoms with E-state index >= 15 is 0 Å². The number of amides is 2. The predicted octanol–water partition coefficient (Wildman–Crippen LogP) is 1.96. The molecule has 0 aromatic heterocycles. The van der Waals surface area contributed by atoms with Gasteiger partial charge >= 0.3 is 0 Å². The highest BCUT2D eigenvalue weighted by Crippen LogP contribution is 2.60. The van der Waals surface area contributed by atoms with Crippen LogP contribution in [0.25, 0.3) is 0 Å². The van der Waals surface area contributed by atoms with Gasteiger partial charge < -0.3 is 11.1 Å². The number of nitrogens with one attached hydrogen (secondary N) is 1. The van der Waals surface area contributed by atoms with Crippen molar-refractivity contribution in [1.29, 1.82) is 0 Å². The lowest BCUT2D eigenvalue weighted by molar-refractivity contribution is -0.385. The minimum absolute atomic E-state index is 0.118. The minimum Gasteiger partial charge on any atom is -0.369 e. The molecule has 5 saturated carbocycles. The molecule has 1 aromatic carbocycles. The number of primary amides is 1. The van der Waals surface area contributed by atoms with Crippen LogP contribution in [0.15, 0.2) is 18.2 Å². The molecule has 11 heteroatoms. The Kier molecular flexibility index (Phi) is 5.38. The summed E-state index contributed by atoms with van der Waals surface area (Å²) in [4.78, 5) is 36.8. The summed E-state index contributed by atoms with van der Waals surface area (Å²) in [5.74, 6) is 0.135. The highest BCUT2D eigenvalue weighted by atomic mass is 32.2. The summed E-state index contributed by atoms with van der Waals surface area (Å²) in [6.45, 7) is 1.58. The monoisotopic (exact) mass is 490 g/mol. The van der Waals surface area contributed by atoms with E-state index in [0.29, 0.717) is 43.6 Å². The van der Waals surface area contributed by atoms with Crippen molar-refractivity contribution in [2.24, 2.45) is 28.9 Å². The van der Waals surface area contributed by atoms with E-state index in [9.17, 15) is 28.1 Å². The zero-order valence-corrected chi connectivity index (χ0v) is 20.0. The Labute approximate surface area is 199 Å². The van der Waals surface area contributed by atoms with E-state index in [1.165, 1.54) is 18.2 Å². The van der Waals surface area contributed by atoms with Gasteiger partial charge in [-0.15, -0.1) is 0 Å². The summed E-state index contributed by atoms with van der Waals surface area (Å²) in [6.07, 6.45) is 5.41. The Morgan fingerprint density at radius 2 is 1.82 bits per heavy atom. The molecule has 5 aliphatic carbocycles. The molecule has 3 N–H and O–H groups in total. The second-order valence-corrected chi connectivity index (χ2v) is 11.7. The molecule has 0 aliphatic heterocycles. The third-order valence-corrected chi connectivity index (χ3v) is 9.84. The van der Waals surface area contributed by atoms with E-state index in [1.54, 1.807) is 6.92 Å². The molecule has 6 rings (SSSR count). The van der Waals surface area contributed by atoms with Gasteiger partial charge in [-0.05, 0) is 82.1 Å². The lowest BCUT2D eigenvalue weighted by Gasteiger charge is -2.59. The zero-order chi connectivity index (χ0) is 24.4. The standard InChI is InChI=1S/C23H30N4O6S/c1-13-3-4-17(9-18(13)27(30)31)26(34(32)33)23(5-2-6-23)21(29)25-19-15-7-14-8-16(19)12-22(10-14,11-15)20(24)28/h3-4,9,14-16,19,34H,2,5-8,10-12H2,1H3,(H2,24,28)(H,25,29). The number of rotatable bonds is 7. The number of hydrogen-bond acceptors (Lipinski definition) is 6. The van der Waals surface area contributed by atoms with Crippen LogP contribution in [0.5, 0.6) is 0 Å². The number of hydrogen-bond donors (Lipinski definition) is 3. The number of thiol groups is 1. The molecule has 0 saturated heterocycles. The number of benzene rings is 1. The number of anilines is 1. The molecule has 10 nitrogen and oxygen atoms in total. The summed E-state index contributed by atoms with van der Waals surface area (Å²) in [5, 5.41) is 14.6. The molecule has 34 heavy (non-hydrogen) atoms. The average Bonchev–Trinajstić information content (AvgIpc) is 2.72. The Morgan fingerprint density at radius 1 is 1.18 bits per heavy atom. The molecule has 0 heterocycles. The van der Waals surface area contributed by atoms with Crippen molar-refractivity contribution in [2.45, 2.75) is 69.9 Å². The molecule has 2 amide bonds. The quantitative estimate of drug-likeness (QED) is 0.302. The van der Waals surface area contributed by atoms with Gasteiger partial charge in [-0.1, -0.05) is 6.07 Å². The highest BCUT2D eigenvalue weighted by Gasteiger charge is 2.59. The van der Waals surface area contributed by atoms with Crippen molar-refractivity contribution >= 4 is 34.1 Å². The average molecular weight is 491 g/mol. The van der Waals surface area contributed by atoms with Gasteiger partial charge in [0.25, 0.3) is 5.69 Å². The van der Waals surface area contributed by atoms with E-state index in [1.807, 2.05) is 0 Å². The second kappa shape index (κ2) is 7.93. The molecule has 0 radical (unpaired) electrons. The Morgan fingerprint density at radius 3 is 2.32 bits per heavy atom. The zero-order valence-electron chi connectivity index (χ0n) is 19.1. The molecule has 0 spiro atoms. The summed E-state index contributed by atoms with van der Waals surface area (Å²) in [7, 11) is -3.22. The van der Waals surface area contributed by atoms with Crippen LogP contribution in [0.2, 0.25) is 0 Å². The molecule has 5 aliphatic rings. The van der Waals surface area contributed by atoms with Crippen molar-refractivity contribution in [1.82, 2.24) is 5.32 Å². The first-order valence-corrected chi connectivity index (χ1v) is 13.0. The number of carbonyl (C=O) groups excluding carboxylic acids is 2. The number of nitro groups is 1. The van der Waals surface area contributed by atoms with Crippen LogP contribution >= 0.6 is 0 Å². The van der Waals surface area contributed by atoms with Gasteiger partial charge in [0.1, 0.15) is 5.54 Å².